The topological polar surface area (TPSA) is 120 Å². The average molecular weight is 586 g/mol. The number of hydrogen-bond acceptors (Lipinski definition) is 6. The molecule has 3 rings (SSSR count). The van der Waals surface area contributed by atoms with Crippen molar-refractivity contribution in [3.8, 4) is 11.5 Å². The summed E-state index contributed by atoms with van der Waals surface area (Å²) in [6.07, 6.45) is 3.03. The van der Waals surface area contributed by atoms with Crippen molar-refractivity contribution in [1.82, 2.24) is 9.62 Å². The molecule has 1 aliphatic rings. The van der Waals surface area contributed by atoms with E-state index < -0.39 is 10.0 Å². The second-order valence-corrected chi connectivity index (χ2v) is 15.1. The average Bonchev–Trinajstić information content (AvgIpc) is 3.14. The summed E-state index contributed by atoms with van der Waals surface area (Å²) in [5.74, 6) is 1.34. The molecule has 1 fully saturated rings. The van der Waals surface area contributed by atoms with Gasteiger partial charge >= 0.3 is 0 Å². The summed E-state index contributed by atoms with van der Waals surface area (Å²) in [6.45, 7) is 15.5. The highest BCUT2D eigenvalue weighted by molar-refractivity contribution is 7.88. The largest absolute Gasteiger partial charge is 0.507 e. The van der Waals surface area contributed by atoms with Crippen molar-refractivity contribution in [2.45, 2.75) is 78.1 Å². The van der Waals surface area contributed by atoms with Crippen LogP contribution in [0.4, 0.5) is 0 Å². The van der Waals surface area contributed by atoms with Gasteiger partial charge in [-0.3, -0.25) is 10.2 Å². The summed E-state index contributed by atoms with van der Waals surface area (Å²) in [5.41, 5.74) is 2.39. The molecule has 2 atom stereocenters. The van der Waals surface area contributed by atoms with Gasteiger partial charge in [0.15, 0.2) is 5.78 Å². The third-order valence-electron chi connectivity index (χ3n) is 7.58. The minimum atomic E-state index is -3.26. The minimum Gasteiger partial charge on any atom is -0.507 e. The predicted octanol–water partition coefficient (Wildman–Crippen LogP) is 5.59. The fourth-order valence-electron chi connectivity index (χ4n) is 5.49. The number of amidine groups is 1. The van der Waals surface area contributed by atoms with Crippen molar-refractivity contribution in [2.24, 2.45) is 5.92 Å². The first kappa shape index (κ1) is 32.6. The van der Waals surface area contributed by atoms with Gasteiger partial charge in [-0.2, -0.15) is 0 Å². The molecule has 0 spiro atoms. The third kappa shape index (κ3) is 8.32. The van der Waals surface area contributed by atoms with Crippen molar-refractivity contribution in [2.75, 3.05) is 32.5 Å². The Morgan fingerprint density at radius 1 is 1.07 bits per heavy atom. The molecule has 0 unspecified atom stereocenters. The standard InChI is InChI=1S/C32H47N3O5S/c1-9-10-22-19-35(20-27(36)23-17-25(31(2,3)4)29(37)26(18-23)32(5,6)7)30(33)28(22)21-11-13-24(14-12-21)40-16-15-34-41(8,38)39/h11-14,17-18,22,28,33-34,37H,9-10,15-16,19-20H2,1-8H3/t22-,28+/m0/s1. The molecule has 41 heavy (non-hydrogen) atoms. The van der Waals surface area contributed by atoms with Gasteiger partial charge in [-0.05, 0) is 53.0 Å². The van der Waals surface area contributed by atoms with Crippen molar-refractivity contribution in [3.05, 3.63) is 58.7 Å². The van der Waals surface area contributed by atoms with E-state index in [1.165, 1.54) is 0 Å². The molecule has 226 valence electrons. The van der Waals surface area contributed by atoms with Crippen LogP contribution in [0.1, 0.15) is 94.3 Å². The van der Waals surface area contributed by atoms with E-state index >= 15 is 0 Å². The molecule has 3 N–H and O–H groups in total. The fourth-order valence-corrected chi connectivity index (χ4v) is 5.94. The maximum atomic E-state index is 13.7. The maximum Gasteiger partial charge on any atom is 0.208 e. The fraction of sp³-hybridized carbons (Fsp3) is 0.562. The zero-order valence-electron chi connectivity index (χ0n) is 25.8. The van der Waals surface area contributed by atoms with E-state index in [-0.39, 0.29) is 53.9 Å². The first-order valence-corrected chi connectivity index (χ1v) is 16.2. The number of benzene rings is 2. The SMILES string of the molecule is CCC[C@H]1CN(CC(=O)c2cc(C(C)(C)C)c(O)c(C(C)(C)C)c2)C(=N)[C@@H]1c1ccc(OCCNS(C)(=O)=O)cc1. The van der Waals surface area contributed by atoms with Crippen LogP contribution in [0, 0.1) is 11.3 Å². The van der Waals surface area contributed by atoms with E-state index in [1.54, 1.807) is 0 Å². The lowest BCUT2D eigenvalue weighted by atomic mass is 9.78. The molecule has 0 radical (unpaired) electrons. The number of hydrogen-bond donors (Lipinski definition) is 3. The highest BCUT2D eigenvalue weighted by Crippen LogP contribution is 2.41. The Kier molecular flexibility index (Phi) is 9.96. The van der Waals surface area contributed by atoms with Gasteiger partial charge in [-0.25, -0.2) is 13.1 Å². The summed E-state index contributed by atoms with van der Waals surface area (Å²) in [5, 5.41) is 20.1. The van der Waals surface area contributed by atoms with Crippen molar-refractivity contribution < 1.29 is 23.1 Å². The van der Waals surface area contributed by atoms with Crippen molar-refractivity contribution >= 4 is 21.6 Å². The van der Waals surface area contributed by atoms with Gasteiger partial charge in [0, 0.05) is 35.7 Å². The monoisotopic (exact) mass is 585 g/mol. The Bertz CT molecular complexity index is 1320. The smallest absolute Gasteiger partial charge is 0.208 e. The quantitative estimate of drug-likeness (QED) is 0.234. The van der Waals surface area contributed by atoms with E-state index in [9.17, 15) is 18.3 Å². The van der Waals surface area contributed by atoms with Gasteiger partial charge in [-0.15, -0.1) is 0 Å². The lowest BCUT2D eigenvalue weighted by Gasteiger charge is -2.28. The second-order valence-electron chi connectivity index (χ2n) is 13.2. The predicted molar refractivity (Wildman–Crippen MR) is 165 cm³/mol. The third-order valence-corrected chi connectivity index (χ3v) is 8.31. The second kappa shape index (κ2) is 12.5. The Balaban J connectivity index is 1.80. The van der Waals surface area contributed by atoms with Crippen LogP contribution in [-0.2, 0) is 20.9 Å². The molecule has 1 heterocycles. The normalized spacial score (nSPS) is 18.1. The number of likely N-dealkylation sites (tertiary alicyclic amines) is 1. The number of sulfonamides is 1. The lowest BCUT2D eigenvalue weighted by molar-refractivity contribution is 0.0963. The maximum absolute atomic E-state index is 13.7. The van der Waals surface area contributed by atoms with E-state index in [0.717, 1.165) is 35.8 Å². The lowest BCUT2D eigenvalue weighted by Crippen LogP contribution is -2.32. The number of nitrogens with one attached hydrogen (secondary N) is 2. The number of aromatic hydroxyl groups is 1. The van der Waals surface area contributed by atoms with Crippen LogP contribution in [0.15, 0.2) is 36.4 Å². The zero-order chi connectivity index (χ0) is 30.8. The molecule has 8 nitrogen and oxygen atoms in total. The number of rotatable bonds is 11. The molecular formula is C32H47N3O5S. The van der Waals surface area contributed by atoms with Crippen LogP contribution in [0.3, 0.4) is 0 Å². The highest BCUT2D eigenvalue weighted by atomic mass is 32.2. The molecular weight excluding hydrogens is 538 g/mol. The van der Waals surface area contributed by atoms with Gasteiger partial charge in [-0.1, -0.05) is 67.0 Å². The van der Waals surface area contributed by atoms with E-state index in [4.69, 9.17) is 10.1 Å². The molecule has 0 aromatic heterocycles. The van der Waals surface area contributed by atoms with Gasteiger partial charge in [0.05, 0.1) is 12.8 Å². The van der Waals surface area contributed by atoms with Gasteiger partial charge in [0.25, 0.3) is 0 Å². The van der Waals surface area contributed by atoms with Crippen LogP contribution in [-0.4, -0.2) is 62.5 Å². The minimum absolute atomic E-state index is 0.0619. The summed E-state index contributed by atoms with van der Waals surface area (Å²) < 4.78 is 30.5. The number of carbonyl (C=O) groups excluding carboxylic acids is 1. The van der Waals surface area contributed by atoms with Crippen LogP contribution in [0.25, 0.3) is 0 Å². The number of ketones is 1. The van der Waals surface area contributed by atoms with E-state index in [2.05, 4.69) is 11.6 Å². The number of phenols is 1. The van der Waals surface area contributed by atoms with Gasteiger partial charge in [0.1, 0.15) is 23.9 Å². The summed E-state index contributed by atoms with van der Waals surface area (Å²) in [6, 6.07) is 11.2. The van der Waals surface area contributed by atoms with Gasteiger partial charge in [0.2, 0.25) is 10.0 Å². The molecule has 0 bridgehead atoms. The van der Waals surface area contributed by atoms with Gasteiger partial charge < -0.3 is 14.7 Å². The molecule has 9 heteroatoms. The molecule has 0 aliphatic carbocycles. The molecule has 2 aromatic carbocycles. The van der Waals surface area contributed by atoms with Crippen molar-refractivity contribution in [3.63, 3.8) is 0 Å². The number of ether oxygens (including phenoxy) is 1. The number of nitrogens with zero attached hydrogens (tertiary/aromatic N) is 1. The molecule has 0 amide bonds. The number of carbonyl (C=O) groups is 1. The first-order chi connectivity index (χ1) is 18.9. The Morgan fingerprint density at radius 3 is 2.12 bits per heavy atom. The Hall–Kier alpha value is -2.91. The number of phenolic OH excluding ortho intramolecular Hbond substituents is 1. The highest BCUT2D eigenvalue weighted by Gasteiger charge is 2.39. The number of Topliss-reactive ketones (excluding diaryl/α,β-unsaturated/α-hetero) is 1. The van der Waals surface area contributed by atoms with Crippen LogP contribution in [0.5, 0.6) is 11.5 Å². The summed E-state index contributed by atoms with van der Waals surface area (Å²) in [7, 11) is -3.26. The van der Waals surface area contributed by atoms with E-state index in [1.807, 2.05) is 82.8 Å². The van der Waals surface area contributed by atoms with Crippen LogP contribution < -0.4 is 9.46 Å². The Labute approximate surface area is 246 Å². The Morgan fingerprint density at radius 2 is 1.63 bits per heavy atom. The molecule has 1 saturated heterocycles. The molecule has 0 saturated carbocycles. The summed E-state index contributed by atoms with van der Waals surface area (Å²) in [4.78, 5) is 15.6. The zero-order valence-corrected chi connectivity index (χ0v) is 26.6. The molecule has 2 aromatic rings. The van der Waals surface area contributed by atoms with Crippen molar-refractivity contribution in [1.29, 1.82) is 5.41 Å². The summed E-state index contributed by atoms with van der Waals surface area (Å²) >= 11 is 0. The first-order valence-electron chi connectivity index (χ1n) is 14.3. The van der Waals surface area contributed by atoms with Crippen LogP contribution >= 0.6 is 0 Å². The van der Waals surface area contributed by atoms with Crippen LogP contribution in [0.2, 0.25) is 0 Å². The molecule has 1 aliphatic heterocycles. The van der Waals surface area contributed by atoms with E-state index in [0.29, 0.717) is 23.7 Å².